The minimum absolute atomic E-state index is 0.0811. The second kappa shape index (κ2) is 8.56. The fraction of sp³-hybridized carbons (Fsp3) is 0.348. The van der Waals surface area contributed by atoms with Crippen LogP contribution in [-0.4, -0.2) is 42.1 Å². The Morgan fingerprint density at radius 3 is 2.84 bits per heavy atom. The molecule has 0 aliphatic carbocycles. The summed E-state index contributed by atoms with van der Waals surface area (Å²) in [6.07, 6.45) is 5.92. The van der Waals surface area contributed by atoms with E-state index in [1.54, 1.807) is 19.4 Å². The van der Waals surface area contributed by atoms with Gasteiger partial charge in [-0.25, -0.2) is 9.37 Å². The van der Waals surface area contributed by atoms with Gasteiger partial charge in [-0.1, -0.05) is 29.3 Å². The average molecular weight is 477 g/mol. The molecule has 1 fully saturated rings. The van der Waals surface area contributed by atoms with Crippen LogP contribution in [0, 0.1) is 5.82 Å². The van der Waals surface area contributed by atoms with Gasteiger partial charge >= 0.3 is 0 Å². The molecule has 168 valence electrons. The maximum Gasteiger partial charge on any atom is 0.205 e. The Hall–Kier alpha value is -2.32. The third kappa shape index (κ3) is 3.73. The lowest BCUT2D eigenvalue weighted by Gasteiger charge is -2.39. The number of aromatic nitrogens is 1. The highest BCUT2D eigenvalue weighted by atomic mass is 35.5. The Bertz CT molecular complexity index is 1210. The Morgan fingerprint density at radius 1 is 1.34 bits per heavy atom. The number of nitrogens with zero attached hydrogens (tertiary/aromatic N) is 2. The zero-order chi connectivity index (χ0) is 22.4. The Kier molecular flexibility index (Phi) is 5.75. The van der Waals surface area contributed by atoms with Crippen molar-refractivity contribution in [3.8, 4) is 5.75 Å². The number of ether oxygens (including phenoxy) is 1. The predicted octanol–water partition coefficient (Wildman–Crippen LogP) is 5.06. The number of halogens is 3. The molecule has 1 saturated heterocycles. The molecule has 9 heteroatoms. The highest BCUT2D eigenvalue weighted by molar-refractivity contribution is 6.36. The molecule has 4 heterocycles. The van der Waals surface area contributed by atoms with E-state index >= 15 is 0 Å². The first-order chi connectivity index (χ1) is 15.4. The first kappa shape index (κ1) is 21.5. The van der Waals surface area contributed by atoms with Crippen LogP contribution in [0.25, 0.3) is 16.5 Å². The lowest BCUT2D eigenvalue weighted by Crippen LogP contribution is -2.57. The molecule has 2 aliphatic rings. The summed E-state index contributed by atoms with van der Waals surface area (Å²) in [5.74, 6) is -0.103. The summed E-state index contributed by atoms with van der Waals surface area (Å²) in [6, 6.07) is 3.29. The highest BCUT2D eigenvalue weighted by Gasteiger charge is 2.27. The molecule has 0 unspecified atom stereocenters. The van der Waals surface area contributed by atoms with Gasteiger partial charge in [-0.3, -0.25) is 4.90 Å². The standard InChI is InChI=1S/C23H23Cl2FN4O2/c1-12(19-17(24)2-3-18(26)20(19)25)32-22-21-15(10-29-23(22)27)16(11-31-21)13-4-6-30(7-5-13)14-8-28-9-14/h2-4,10-12,14,28H,5-9H2,1H3,(H2,27,29)/t12-/m1/s1. The topological polar surface area (TPSA) is 76.6 Å². The van der Waals surface area contributed by atoms with E-state index in [4.69, 9.17) is 38.1 Å². The molecular weight excluding hydrogens is 454 g/mol. The van der Waals surface area contributed by atoms with Crippen molar-refractivity contribution in [3.63, 3.8) is 0 Å². The molecule has 6 nitrogen and oxygen atoms in total. The number of anilines is 1. The van der Waals surface area contributed by atoms with Crippen LogP contribution in [0.5, 0.6) is 5.75 Å². The number of pyridine rings is 1. The quantitative estimate of drug-likeness (QED) is 0.501. The molecule has 0 radical (unpaired) electrons. The van der Waals surface area contributed by atoms with Crippen LogP contribution >= 0.6 is 23.2 Å². The molecule has 3 aromatic rings. The number of benzene rings is 1. The zero-order valence-corrected chi connectivity index (χ0v) is 19.0. The molecule has 0 amide bonds. The monoisotopic (exact) mass is 476 g/mol. The van der Waals surface area contributed by atoms with Gasteiger partial charge in [-0.15, -0.1) is 0 Å². The van der Waals surface area contributed by atoms with E-state index in [1.807, 2.05) is 0 Å². The first-order valence-corrected chi connectivity index (χ1v) is 11.3. The fourth-order valence-corrected chi connectivity index (χ4v) is 4.96. The van der Waals surface area contributed by atoms with Crippen LogP contribution in [0.2, 0.25) is 10.0 Å². The predicted molar refractivity (Wildman–Crippen MR) is 125 cm³/mol. The maximum absolute atomic E-state index is 14.0. The molecule has 5 rings (SSSR count). The van der Waals surface area contributed by atoms with Crippen molar-refractivity contribution >= 4 is 45.6 Å². The van der Waals surface area contributed by atoms with Crippen molar-refractivity contribution in [2.45, 2.75) is 25.5 Å². The maximum atomic E-state index is 14.0. The Labute approximate surface area is 195 Å². The van der Waals surface area contributed by atoms with Crippen LogP contribution in [0.3, 0.4) is 0 Å². The van der Waals surface area contributed by atoms with Gasteiger partial charge in [0.05, 0.1) is 16.7 Å². The van der Waals surface area contributed by atoms with E-state index in [1.165, 1.54) is 17.7 Å². The molecule has 0 bridgehead atoms. The molecule has 2 aliphatic heterocycles. The summed E-state index contributed by atoms with van der Waals surface area (Å²) < 4.78 is 26.0. The average Bonchev–Trinajstić information content (AvgIpc) is 3.17. The van der Waals surface area contributed by atoms with Crippen LogP contribution in [0.1, 0.15) is 30.6 Å². The third-order valence-corrected chi connectivity index (χ3v) is 6.96. The smallest absolute Gasteiger partial charge is 0.205 e. The van der Waals surface area contributed by atoms with Gasteiger partial charge in [-0.05, 0) is 31.1 Å². The molecular formula is C23H23Cl2FN4O2. The Balaban J connectivity index is 1.45. The number of nitrogens with one attached hydrogen (secondary N) is 1. The second-order valence-corrected chi connectivity index (χ2v) is 8.95. The van der Waals surface area contributed by atoms with Crippen LogP contribution in [0.4, 0.5) is 10.2 Å². The molecule has 0 saturated carbocycles. The van der Waals surface area contributed by atoms with E-state index in [2.05, 4.69) is 21.3 Å². The van der Waals surface area contributed by atoms with Crippen molar-refractivity contribution in [2.24, 2.45) is 0 Å². The number of rotatable bonds is 5. The summed E-state index contributed by atoms with van der Waals surface area (Å²) in [4.78, 5) is 6.80. The van der Waals surface area contributed by atoms with E-state index < -0.39 is 11.9 Å². The van der Waals surface area contributed by atoms with E-state index in [-0.39, 0.29) is 16.6 Å². The Morgan fingerprint density at radius 2 is 2.16 bits per heavy atom. The summed E-state index contributed by atoms with van der Waals surface area (Å²) in [5, 5.41) is 4.37. The van der Waals surface area contributed by atoms with Crippen LogP contribution in [-0.2, 0) is 0 Å². The summed E-state index contributed by atoms with van der Waals surface area (Å²) >= 11 is 12.4. The largest absolute Gasteiger partial charge is 0.478 e. The van der Waals surface area contributed by atoms with Crippen LogP contribution < -0.4 is 15.8 Å². The van der Waals surface area contributed by atoms with Gasteiger partial charge in [0.1, 0.15) is 11.9 Å². The molecule has 32 heavy (non-hydrogen) atoms. The number of nitrogens with two attached hydrogens (primary N) is 1. The van der Waals surface area contributed by atoms with E-state index in [9.17, 15) is 4.39 Å². The third-order valence-electron chi connectivity index (χ3n) is 6.24. The van der Waals surface area contributed by atoms with Crippen molar-refractivity contribution in [3.05, 3.63) is 57.7 Å². The van der Waals surface area contributed by atoms with Crippen molar-refractivity contribution < 1.29 is 13.5 Å². The minimum atomic E-state index is -0.674. The van der Waals surface area contributed by atoms with Crippen molar-refractivity contribution in [1.82, 2.24) is 15.2 Å². The highest BCUT2D eigenvalue weighted by Crippen LogP contribution is 2.41. The number of furan rings is 1. The molecule has 1 aromatic carbocycles. The lowest BCUT2D eigenvalue weighted by molar-refractivity contribution is 0.160. The van der Waals surface area contributed by atoms with Crippen LogP contribution in [0.15, 0.2) is 35.1 Å². The van der Waals surface area contributed by atoms with Crippen molar-refractivity contribution in [2.75, 3.05) is 31.9 Å². The number of hydrogen-bond donors (Lipinski definition) is 2. The van der Waals surface area contributed by atoms with E-state index in [0.717, 1.165) is 43.5 Å². The summed E-state index contributed by atoms with van der Waals surface area (Å²) in [5.41, 5.74) is 9.16. The van der Waals surface area contributed by atoms with Gasteiger partial charge in [0, 0.05) is 54.6 Å². The fourth-order valence-electron chi connectivity index (χ4n) is 4.29. The number of nitrogen functional groups attached to an aromatic ring is 1. The van der Waals surface area contributed by atoms with Crippen molar-refractivity contribution in [1.29, 1.82) is 0 Å². The molecule has 2 aromatic heterocycles. The molecule has 3 N–H and O–H groups in total. The summed E-state index contributed by atoms with van der Waals surface area (Å²) in [6.45, 7) is 5.75. The molecule has 1 atom stereocenters. The molecule has 0 spiro atoms. The number of fused-ring (bicyclic) bond motifs is 1. The minimum Gasteiger partial charge on any atom is -0.478 e. The zero-order valence-electron chi connectivity index (χ0n) is 17.5. The van der Waals surface area contributed by atoms with Gasteiger partial charge < -0.3 is 20.2 Å². The lowest BCUT2D eigenvalue weighted by atomic mass is 9.97. The SMILES string of the molecule is C[C@@H](Oc1c(N)ncc2c(C3=CCN(C4CNC4)CC3)coc12)c1c(Cl)ccc(F)c1Cl. The first-order valence-electron chi connectivity index (χ1n) is 10.5. The van der Waals surface area contributed by atoms with Gasteiger partial charge in [-0.2, -0.15) is 0 Å². The normalized spacial score (nSPS) is 18.4. The van der Waals surface area contributed by atoms with Gasteiger partial charge in [0.25, 0.3) is 0 Å². The second-order valence-electron chi connectivity index (χ2n) is 8.17. The summed E-state index contributed by atoms with van der Waals surface area (Å²) in [7, 11) is 0. The number of hydrogen-bond acceptors (Lipinski definition) is 6. The van der Waals surface area contributed by atoms with Gasteiger partial charge in [0.2, 0.25) is 5.75 Å². The van der Waals surface area contributed by atoms with E-state index in [0.29, 0.717) is 22.2 Å². The van der Waals surface area contributed by atoms with Gasteiger partial charge in [0.15, 0.2) is 11.4 Å².